The number of nitrogens with two attached hydrogens (primary N) is 1. The SMILES string of the molecule is Cc1cccc(C)c1-c1cc2nc(n1)NS(=O)(=O)c1cccc(c1)C(=O)N(C1CC3(CC(C(N)=O)C3)C1)[C@H](CC(C)C)CO2. The van der Waals surface area contributed by atoms with Gasteiger partial charge in [0.2, 0.25) is 17.7 Å². The lowest BCUT2D eigenvalue weighted by molar-refractivity contribution is -0.140. The molecule has 11 heteroatoms. The van der Waals surface area contributed by atoms with Crippen molar-refractivity contribution >= 4 is 27.8 Å². The van der Waals surface area contributed by atoms with Crippen molar-refractivity contribution in [3.63, 3.8) is 0 Å². The Kier molecular flexibility index (Phi) is 7.63. The molecule has 0 unspecified atom stereocenters. The molecule has 2 fully saturated rings. The van der Waals surface area contributed by atoms with E-state index in [1.54, 1.807) is 18.2 Å². The van der Waals surface area contributed by atoms with E-state index in [1.165, 1.54) is 12.1 Å². The molecule has 44 heavy (non-hydrogen) atoms. The number of aryl methyl sites for hydroxylation is 2. The van der Waals surface area contributed by atoms with Gasteiger partial charge in [0.25, 0.3) is 15.9 Å². The molecule has 6 rings (SSSR count). The van der Waals surface area contributed by atoms with Crippen molar-refractivity contribution in [2.24, 2.45) is 23.0 Å². The number of fused-ring (bicyclic) bond motifs is 4. The summed E-state index contributed by atoms with van der Waals surface area (Å²) in [5, 5.41) is 0. The van der Waals surface area contributed by atoms with Gasteiger partial charge in [-0.1, -0.05) is 38.1 Å². The maximum atomic E-state index is 14.3. The largest absolute Gasteiger partial charge is 0.475 e. The van der Waals surface area contributed by atoms with E-state index >= 15 is 0 Å². The Labute approximate surface area is 258 Å². The van der Waals surface area contributed by atoms with Crippen LogP contribution in [0.1, 0.15) is 67.4 Å². The van der Waals surface area contributed by atoms with Crippen molar-refractivity contribution in [1.82, 2.24) is 14.9 Å². The highest BCUT2D eigenvalue weighted by molar-refractivity contribution is 7.92. The minimum Gasteiger partial charge on any atom is -0.475 e. The van der Waals surface area contributed by atoms with Gasteiger partial charge in [-0.2, -0.15) is 4.98 Å². The summed E-state index contributed by atoms with van der Waals surface area (Å²) in [4.78, 5) is 36.9. The van der Waals surface area contributed by atoms with Crippen molar-refractivity contribution < 1.29 is 22.7 Å². The van der Waals surface area contributed by atoms with Gasteiger partial charge in [-0.25, -0.2) is 18.1 Å². The van der Waals surface area contributed by atoms with Crippen LogP contribution in [0, 0.1) is 31.1 Å². The van der Waals surface area contributed by atoms with E-state index in [9.17, 15) is 18.0 Å². The number of rotatable bonds is 5. The first-order valence-electron chi connectivity index (χ1n) is 15.2. The zero-order chi connectivity index (χ0) is 31.4. The minimum absolute atomic E-state index is 0.0199. The molecular weight excluding hydrogens is 578 g/mol. The number of aromatic nitrogens is 2. The topological polar surface area (TPSA) is 145 Å². The zero-order valence-electron chi connectivity index (χ0n) is 25.5. The van der Waals surface area contributed by atoms with Crippen LogP contribution in [0.25, 0.3) is 11.3 Å². The van der Waals surface area contributed by atoms with E-state index in [1.807, 2.05) is 36.9 Å². The maximum Gasteiger partial charge on any atom is 0.264 e. The second kappa shape index (κ2) is 11.2. The molecule has 0 saturated heterocycles. The smallest absolute Gasteiger partial charge is 0.264 e. The van der Waals surface area contributed by atoms with E-state index in [-0.39, 0.29) is 70.0 Å². The van der Waals surface area contributed by atoms with Gasteiger partial charge < -0.3 is 15.4 Å². The number of nitrogens with zero attached hydrogens (tertiary/aromatic N) is 3. The lowest BCUT2D eigenvalue weighted by Gasteiger charge is -2.60. The molecule has 2 aliphatic carbocycles. The van der Waals surface area contributed by atoms with Crippen molar-refractivity contribution in [1.29, 1.82) is 0 Å². The molecule has 2 amide bonds. The third-order valence-corrected chi connectivity index (χ3v) is 10.7. The number of carbonyl (C=O) groups excluding carboxylic acids is 2. The van der Waals surface area contributed by atoms with E-state index in [0.29, 0.717) is 12.1 Å². The highest BCUT2D eigenvalue weighted by Crippen LogP contribution is 2.60. The number of hydrogen-bond acceptors (Lipinski definition) is 7. The normalized spacial score (nSPS) is 25.9. The summed E-state index contributed by atoms with van der Waals surface area (Å²) in [7, 11) is -4.14. The van der Waals surface area contributed by atoms with Crippen LogP contribution in [0.4, 0.5) is 5.95 Å². The third-order valence-electron chi connectivity index (χ3n) is 9.34. The van der Waals surface area contributed by atoms with Crippen LogP contribution >= 0.6 is 0 Å². The summed E-state index contributed by atoms with van der Waals surface area (Å²) in [6.07, 6.45) is 3.71. The van der Waals surface area contributed by atoms with E-state index in [2.05, 4.69) is 28.5 Å². The second-order valence-electron chi connectivity index (χ2n) is 13.2. The summed E-state index contributed by atoms with van der Waals surface area (Å²) >= 11 is 0. The Morgan fingerprint density at radius 1 is 1.07 bits per heavy atom. The number of hydrogen-bond donors (Lipinski definition) is 2. The summed E-state index contributed by atoms with van der Waals surface area (Å²) in [6, 6.07) is 13.4. The molecule has 3 aromatic rings. The van der Waals surface area contributed by atoms with Gasteiger partial charge in [-0.15, -0.1) is 0 Å². The van der Waals surface area contributed by atoms with Crippen molar-refractivity contribution in [2.45, 2.75) is 76.8 Å². The van der Waals surface area contributed by atoms with Crippen LogP contribution in [0.3, 0.4) is 0 Å². The van der Waals surface area contributed by atoms with E-state index in [4.69, 9.17) is 10.5 Å². The molecule has 2 saturated carbocycles. The van der Waals surface area contributed by atoms with Crippen molar-refractivity contribution in [2.75, 3.05) is 11.3 Å². The Balaban J connectivity index is 1.43. The molecule has 10 nitrogen and oxygen atoms in total. The number of nitrogens with one attached hydrogen (secondary N) is 1. The standard InChI is InChI=1S/C33H39N5O5S/c1-19(2)11-24-18-43-28-13-27(29-20(3)7-5-8-21(29)4)35-32(36-28)37-44(41,42)26-10-6-9-22(12-26)31(40)38(24)25-16-33(17-25)14-23(15-33)30(34)39/h5-10,12-13,19,23-25H,11,14-18H2,1-4H3,(H2,34,39)(H,35,36,37)/t23?,24-,25?,33?/m1/s1. The predicted molar refractivity (Wildman–Crippen MR) is 166 cm³/mol. The molecule has 1 aromatic heterocycles. The van der Waals surface area contributed by atoms with Crippen molar-refractivity contribution in [3.05, 3.63) is 65.2 Å². The van der Waals surface area contributed by atoms with Crippen LogP contribution in [0.15, 0.2) is 53.4 Å². The average Bonchev–Trinajstić information content (AvgIpc) is 2.90. The summed E-state index contributed by atoms with van der Waals surface area (Å²) in [6.45, 7) is 8.34. The first-order chi connectivity index (χ1) is 20.8. The van der Waals surface area contributed by atoms with Crippen LogP contribution in [0.2, 0.25) is 0 Å². The molecule has 232 valence electrons. The number of anilines is 1. The molecule has 2 aromatic carbocycles. The van der Waals surface area contributed by atoms with Gasteiger partial charge in [0.15, 0.2) is 0 Å². The summed E-state index contributed by atoms with van der Waals surface area (Å²) in [5.74, 6) is -0.246. The van der Waals surface area contributed by atoms with Crippen LogP contribution in [0.5, 0.6) is 5.88 Å². The van der Waals surface area contributed by atoms with Gasteiger partial charge >= 0.3 is 0 Å². The molecule has 1 spiro atoms. The molecular formula is C33H39N5O5S. The van der Waals surface area contributed by atoms with Gasteiger partial charge in [0.1, 0.15) is 6.61 Å². The first-order valence-corrected chi connectivity index (χ1v) is 16.7. The number of carbonyl (C=O) groups is 2. The highest BCUT2D eigenvalue weighted by atomic mass is 32.2. The Bertz CT molecular complexity index is 1710. The predicted octanol–water partition coefficient (Wildman–Crippen LogP) is 4.85. The van der Waals surface area contributed by atoms with Crippen LogP contribution < -0.4 is 15.2 Å². The van der Waals surface area contributed by atoms with Gasteiger partial charge in [0, 0.05) is 29.2 Å². The molecule has 1 atom stereocenters. The monoisotopic (exact) mass is 617 g/mol. The summed E-state index contributed by atoms with van der Waals surface area (Å²) in [5.41, 5.74) is 9.23. The Morgan fingerprint density at radius 2 is 1.75 bits per heavy atom. The summed E-state index contributed by atoms with van der Waals surface area (Å²) < 4.78 is 36.0. The van der Waals surface area contributed by atoms with E-state index < -0.39 is 10.0 Å². The fourth-order valence-electron chi connectivity index (χ4n) is 7.29. The van der Waals surface area contributed by atoms with E-state index in [0.717, 1.165) is 42.4 Å². The number of amides is 2. The second-order valence-corrected chi connectivity index (χ2v) is 14.9. The number of primary amides is 1. The molecule has 4 bridgehead atoms. The fraction of sp³-hybridized carbons (Fsp3) is 0.455. The molecule has 3 N–H and O–H groups in total. The quantitative estimate of drug-likeness (QED) is 0.416. The van der Waals surface area contributed by atoms with Gasteiger partial charge in [-0.3, -0.25) is 9.59 Å². The molecule has 1 aliphatic heterocycles. The minimum atomic E-state index is -4.14. The molecule has 2 heterocycles. The first kappa shape index (κ1) is 30.1. The third kappa shape index (κ3) is 5.65. The fourth-order valence-corrected chi connectivity index (χ4v) is 8.28. The van der Waals surface area contributed by atoms with Crippen LogP contribution in [-0.2, 0) is 14.8 Å². The number of ether oxygens (including phenoxy) is 1. The van der Waals surface area contributed by atoms with Crippen LogP contribution in [-0.4, -0.2) is 53.8 Å². The lowest BCUT2D eigenvalue weighted by Crippen LogP contribution is -2.62. The Hall–Kier alpha value is -3.99. The number of sulfonamides is 1. The molecule has 0 radical (unpaired) electrons. The average molecular weight is 618 g/mol. The van der Waals surface area contributed by atoms with Crippen molar-refractivity contribution in [3.8, 4) is 17.1 Å². The molecule has 3 aliphatic rings. The highest BCUT2D eigenvalue weighted by Gasteiger charge is 2.57. The lowest BCUT2D eigenvalue weighted by atomic mass is 9.49. The Morgan fingerprint density at radius 3 is 2.41 bits per heavy atom. The van der Waals surface area contributed by atoms with Gasteiger partial charge in [0.05, 0.1) is 16.6 Å². The van der Waals surface area contributed by atoms with Gasteiger partial charge in [-0.05, 0) is 86.6 Å². The maximum absolute atomic E-state index is 14.3. The number of benzene rings is 2. The zero-order valence-corrected chi connectivity index (χ0v) is 26.4.